The number of ether oxygens (including phenoxy) is 1. The maximum atomic E-state index is 11.2. The number of rotatable bonds is 7. The van der Waals surface area contributed by atoms with Crippen LogP contribution in [0.1, 0.15) is 19.4 Å². The Kier molecular flexibility index (Phi) is 5.82. The first-order valence-corrected chi connectivity index (χ1v) is 8.43. The van der Waals surface area contributed by atoms with Crippen molar-refractivity contribution in [3.63, 3.8) is 0 Å². The second kappa shape index (κ2) is 6.91. The quantitative estimate of drug-likeness (QED) is 0.827. The molecule has 2 unspecified atom stereocenters. The SMILES string of the molecule is COc1ccc(CC(C)NC(C)CS(C)(=O)=O)cc1. The molecule has 0 bridgehead atoms. The molecule has 0 aliphatic heterocycles. The largest absolute Gasteiger partial charge is 0.497 e. The molecule has 19 heavy (non-hydrogen) atoms. The van der Waals surface area contributed by atoms with E-state index in [-0.39, 0.29) is 17.8 Å². The Morgan fingerprint density at radius 2 is 1.74 bits per heavy atom. The second-order valence-electron chi connectivity index (χ2n) is 5.11. The average molecular weight is 285 g/mol. The fourth-order valence-electron chi connectivity index (χ4n) is 2.16. The van der Waals surface area contributed by atoms with Crippen LogP contribution in [0.2, 0.25) is 0 Å². The van der Waals surface area contributed by atoms with Crippen molar-refractivity contribution >= 4 is 9.84 Å². The Hall–Kier alpha value is -1.07. The summed E-state index contributed by atoms with van der Waals surface area (Å²) in [4.78, 5) is 0. The van der Waals surface area contributed by atoms with E-state index in [1.165, 1.54) is 11.8 Å². The molecule has 0 heterocycles. The minimum absolute atomic E-state index is 0.0387. The zero-order valence-corrected chi connectivity index (χ0v) is 12.8. The van der Waals surface area contributed by atoms with Crippen LogP contribution < -0.4 is 10.1 Å². The Morgan fingerprint density at radius 3 is 2.21 bits per heavy atom. The van der Waals surface area contributed by atoms with Gasteiger partial charge in [-0.1, -0.05) is 12.1 Å². The molecule has 1 rings (SSSR count). The van der Waals surface area contributed by atoms with Crippen molar-refractivity contribution in [3.05, 3.63) is 29.8 Å². The fourth-order valence-corrected chi connectivity index (χ4v) is 3.17. The van der Waals surface area contributed by atoms with E-state index in [2.05, 4.69) is 12.2 Å². The summed E-state index contributed by atoms with van der Waals surface area (Å²) in [5, 5.41) is 3.30. The number of sulfone groups is 1. The topological polar surface area (TPSA) is 55.4 Å². The van der Waals surface area contributed by atoms with Crippen LogP contribution in [0.3, 0.4) is 0 Å². The lowest BCUT2D eigenvalue weighted by Gasteiger charge is -2.19. The van der Waals surface area contributed by atoms with Gasteiger partial charge in [-0.2, -0.15) is 0 Å². The van der Waals surface area contributed by atoms with Gasteiger partial charge in [-0.3, -0.25) is 0 Å². The average Bonchev–Trinajstić information content (AvgIpc) is 2.27. The zero-order valence-electron chi connectivity index (χ0n) is 12.0. The van der Waals surface area contributed by atoms with E-state index in [9.17, 15) is 8.42 Å². The Balaban J connectivity index is 2.47. The van der Waals surface area contributed by atoms with E-state index in [4.69, 9.17) is 4.74 Å². The van der Waals surface area contributed by atoms with Gasteiger partial charge in [0.15, 0.2) is 0 Å². The van der Waals surface area contributed by atoms with Crippen LogP contribution in [-0.4, -0.2) is 39.6 Å². The molecule has 0 spiro atoms. The van der Waals surface area contributed by atoms with Gasteiger partial charge in [-0.25, -0.2) is 8.42 Å². The van der Waals surface area contributed by atoms with Gasteiger partial charge >= 0.3 is 0 Å². The summed E-state index contributed by atoms with van der Waals surface area (Å²) in [6.07, 6.45) is 2.12. The molecule has 1 N–H and O–H groups in total. The minimum atomic E-state index is -2.93. The summed E-state index contributed by atoms with van der Waals surface area (Å²) < 4.78 is 27.5. The molecule has 1 aromatic rings. The van der Waals surface area contributed by atoms with Gasteiger partial charge in [-0.05, 0) is 38.0 Å². The molecular formula is C14H23NO3S. The number of hydrogen-bond acceptors (Lipinski definition) is 4. The molecule has 0 saturated heterocycles. The predicted octanol–water partition coefficient (Wildman–Crippen LogP) is 1.65. The maximum Gasteiger partial charge on any atom is 0.148 e. The van der Waals surface area contributed by atoms with E-state index < -0.39 is 9.84 Å². The van der Waals surface area contributed by atoms with Crippen LogP contribution in [0.4, 0.5) is 0 Å². The van der Waals surface area contributed by atoms with Gasteiger partial charge in [0.25, 0.3) is 0 Å². The third kappa shape index (κ3) is 6.59. The molecule has 0 fully saturated rings. The van der Waals surface area contributed by atoms with Crippen molar-refractivity contribution < 1.29 is 13.2 Å². The molecule has 0 radical (unpaired) electrons. The second-order valence-corrected chi connectivity index (χ2v) is 7.30. The summed E-state index contributed by atoms with van der Waals surface area (Å²) in [5.74, 6) is 1.01. The maximum absolute atomic E-state index is 11.2. The highest BCUT2D eigenvalue weighted by Gasteiger charge is 2.13. The van der Waals surface area contributed by atoms with Gasteiger partial charge in [0.05, 0.1) is 12.9 Å². The zero-order chi connectivity index (χ0) is 14.5. The number of hydrogen-bond donors (Lipinski definition) is 1. The molecule has 0 aliphatic rings. The fraction of sp³-hybridized carbons (Fsp3) is 0.571. The van der Waals surface area contributed by atoms with Gasteiger partial charge in [-0.15, -0.1) is 0 Å². The molecule has 108 valence electrons. The van der Waals surface area contributed by atoms with E-state index >= 15 is 0 Å². The normalized spacial score (nSPS) is 14.9. The van der Waals surface area contributed by atoms with Crippen molar-refractivity contribution in [1.29, 1.82) is 0 Å². The summed E-state index contributed by atoms with van der Waals surface area (Å²) in [6.45, 7) is 3.95. The molecule has 4 nitrogen and oxygen atoms in total. The minimum Gasteiger partial charge on any atom is -0.497 e. The van der Waals surface area contributed by atoms with Gasteiger partial charge in [0.1, 0.15) is 15.6 Å². The lowest BCUT2D eigenvalue weighted by Crippen LogP contribution is -2.39. The molecule has 1 aromatic carbocycles. The first-order chi connectivity index (χ1) is 8.80. The van der Waals surface area contributed by atoms with Gasteiger partial charge in [0.2, 0.25) is 0 Å². The summed E-state index contributed by atoms with van der Waals surface area (Å²) >= 11 is 0. The number of methoxy groups -OCH3 is 1. The van der Waals surface area contributed by atoms with E-state index in [0.29, 0.717) is 0 Å². The first-order valence-electron chi connectivity index (χ1n) is 6.37. The summed E-state index contributed by atoms with van der Waals surface area (Å²) in [7, 11) is -1.28. The van der Waals surface area contributed by atoms with E-state index in [0.717, 1.165) is 12.2 Å². The monoisotopic (exact) mass is 285 g/mol. The Labute approximate surface area is 116 Å². The van der Waals surface area contributed by atoms with Crippen molar-refractivity contribution in [2.45, 2.75) is 32.4 Å². The highest BCUT2D eigenvalue weighted by molar-refractivity contribution is 7.90. The molecule has 5 heteroatoms. The van der Waals surface area contributed by atoms with Crippen LogP contribution in [0.5, 0.6) is 5.75 Å². The van der Waals surface area contributed by atoms with Crippen LogP contribution in [-0.2, 0) is 16.3 Å². The highest BCUT2D eigenvalue weighted by Crippen LogP contribution is 2.12. The third-order valence-corrected chi connectivity index (χ3v) is 3.93. The molecular weight excluding hydrogens is 262 g/mol. The smallest absolute Gasteiger partial charge is 0.148 e. The van der Waals surface area contributed by atoms with Crippen LogP contribution in [0.25, 0.3) is 0 Å². The van der Waals surface area contributed by atoms with Crippen molar-refractivity contribution in [2.24, 2.45) is 0 Å². The molecule has 0 aromatic heterocycles. The third-order valence-electron chi connectivity index (χ3n) is 2.82. The highest BCUT2D eigenvalue weighted by atomic mass is 32.2. The summed E-state index contributed by atoms with van der Waals surface area (Å²) in [6, 6.07) is 8.11. The van der Waals surface area contributed by atoms with Crippen molar-refractivity contribution in [2.75, 3.05) is 19.1 Å². The standard InChI is InChI=1S/C14H23NO3S/c1-11(15-12(2)10-19(4,16)17)9-13-5-7-14(18-3)8-6-13/h5-8,11-12,15H,9-10H2,1-4H3. The predicted molar refractivity (Wildman–Crippen MR) is 78.5 cm³/mol. The lowest BCUT2D eigenvalue weighted by molar-refractivity contribution is 0.414. The molecule has 2 atom stereocenters. The first kappa shape index (κ1) is 16.0. The number of nitrogens with one attached hydrogen (secondary N) is 1. The van der Waals surface area contributed by atoms with Gasteiger partial charge < -0.3 is 10.1 Å². The molecule has 0 saturated carbocycles. The Bertz CT molecular complexity index is 482. The Morgan fingerprint density at radius 1 is 1.16 bits per heavy atom. The van der Waals surface area contributed by atoms with Crippen molar-refractivity contribution in [3.8, 4) is 5.75 Å². The summed E-state index contributed by atoms with van der Waals surface area (Å²) in [5.41, 5.74) is 1.20. The van der Waals surface area contributed by atoms with E-state index in [1.54, 1.807) is 7.11 Å². The molecule has 0 amide bonds. The van der Waals surface area contributed by atoms with Crippen molar-refractivity contribution in [1.82, 2.24) is 5.32 Å². The van der Waals surface area contributed by atoms with Gasteiger partial charge in [0, 0.05) is 18.3 Å². The van der Waals surface area contributed by atoms with Crippen LogP contribution >= 0.6 is 0 Å². The van der Waals surface area contributed by atoms with Crippen LogP contribution in [0, 0.1) is 0 Å². The molecule has 0 aliphatic carbocycles. The lowest BCUT2D eigenvalue weighted by atomic mass is 10.1. The number of benzene rings is 1. The van der Waals surface area contributed by atoms with Crippen LogP contribution in [0.15, 0.2) is 24.3 Å². The van der Waals surface area contributed by atoms with E-state index in [1.807, 2.05) is 31.2 Å².